The molecule has 0 bridgehead atoms. The van der Waals surface area contributed by atoms with Crippen LogP contribution in [0.1, 0.15) is 52.4 Å². The summed E-state index contributed by atoms with van der Waals surface area (Å²) < 4.78 is 5.95. The molecule has 0 aromatic carbocycles. The van der Waals surface area contributed by atoms with Gasteiger partial charge in [0.05, 0.1) is 18.2 Å². The topological polar surface area (TPSA) is 47.3 Å². The molecule has 3 heteroatoms. The minimum atomic E-state index is 0.346. The Morgan fingerprint density at radius 2 is 1.75 bits per heavy atom. The van der Waals surface area contributed by atoms with E-state index in [1.54, 1.807) is 0 Å². The third-order valence-corrected chi connectivity index (χ3v) is 4.43. The highest BCUT2D eigenvalue weighted by Crippen LogP contribution is 2.34. The molecule has 3 nitrogen and oxygen atoms in total. The number of rotatable bonds is 3. The fourth-order valence-corrected chi connectivity index (χ4v) is 3.29. The maximum atomic E-state index is 5.95. The van der Waals surface area contributed by atoms with Crippen molar-refractivity contribution in [2.45, 2.75) is 70.6 Å². The molecule has 1 heterocycles. The van der Waals surface area contributed by atoms with Crippen molar-refractivity contribution in [1.29, 1.82) is 0 Å². The number of hydrazine groups is 1. The van der Waals surface area contributed by atoms with E-state index in [-0.39, 0.29) is 0 Å². The maximum absolute atomic E-state index is 5.95. The van der Waals surface area contributed by atoms with E-state index in [4.69, 9.17) is 10.6 Å². The van der Waals surface area contributed by atoms with Crippen molar-refractivity contribution in [1.82, 2.24) is 5.43 Å². The molecule has 2 aliphatic rings. The molecule has 94 valence electrons. The van der Waals surface area contributed by atoms with Crippen LogP contribution in [0.25, 0.3) is 0 Å². The van der Waals surface area contributed by atoms with E-state index in [0.29, 0.717) is 18.2 Å². The second kappa shape index (κ2) is 5.48. The summed E-state index contributed by atoms with van der Waals surface area (Å²) in [6, 6.07) is 0.373. The van der Waals surface area contributed by atoms with E-state index in [2.05, 4.69) is 19.3 Å². The zero-order valence-corrected chi connectivity index (χ0v) is 10.6. The van der Waals surface area contributed by atoms with Gasteiger partial charge in [0.15, 0.2) is 0 Å². The van der Waals surface area contributed by atoms with Gasteiger partial charge in [0.1, 0.15) is 0 Å². The third kappa shape index (κ3) is 2.76. The van der Waals surface area contributed by atoms with Crippen molar-refractivity contribution in [3.63, 3.8) is 0 Å². The van der Waals surface area contributed by atoms with Crippen LogP contribution in [0.4, 0.5) is 0 Å². The van der Waals surface area contributed by atoms with Crippen molar-refractivity contribution >= 4 is 0 Å². The normalized spacial score (nSPS) is 42.2. The highest BCUT2D eigenvalue weighted by atomic mass is 16.5. The lowest BCUT2D eigenvalue weighted by atomic mass is 9.77. The second-order valence-corrected chi connectivity index (χ2v) is 5.77. The summed E-state index contributed by atoms with van der Waals surface area (Å²) in [6.07, 6.45) is 8.44. The zero-order chi connectivity index (χ0) is 11.5. The van der Waals surface area contributed by atoms with Crippen LogP contribution in [-0.4, -0.2) is 18.2 Å². The summed E-state index contributed by atoms with van der Waals surface area (Å²) in [4.78, 5) is 0. The van der Waals surface area contributed by atoms with Gasteiger partial charge in [0, 0.05) is 0 Å². The molecule has 2 fully saturated rings. The van der Waals surface area contributed by atoms with Crippen molar-refractivity contribution in [3.05, 3.63) is 0 Å². The molecule has 1 aliphatic carbocycles. The smallest absolute Gasteiger partial charge is 0.0748 e. The van der Waals surface area contributed by atoms with E-state index in [1.807, 2.05) is 0 Å². The first-order valence-corrected chi connectivity index (χ1v) is 6.82. The average molecular weight is 226 g/mol. The number of hydrogen-bond acceptors (Lipinski definition) is 3. The Balaban J connectivity index is 1.89. The van der Waals surface area contributed by atoms with Crippen LogP contribution >= 0.6 is 0 Å². The van der Waals surface area contributed by atoms with Gasteiger partial charge < -0.3 is 4.74 Å². The molecular weight excluding hydrogens is 200 g/mol. The molecule has 1 saturated carbocycles. The van der Waals surface area contributed by atoms with Gasteiger partial charge in [0.25, 0.3) is 0 Å². The van der Waals surface area contributed by atoms with Gasteiger partial charge >= 0.3 is 0 Å². The van der Waals surface area contributed by atoms with E-state index in [0.717, 1.165) is 11.8 Å². The van der Waals surface area contributed by atoms with Gasteiger partial charge in [-0.1, -0.05) is 19.8 Å². The lowest BCUT2D eigenvalue weighted by molar-refractivity contribution is 0.00996. The van der Waals surface area contributed by atoms with Crippen LogP contribution in [0.3, 0.4) is 0 Å². The average Bonchev–Trinajstić information content (AvgIpc) is 2.69. The van der Waals surface area contributed by atoms with Crippen LogP contribution in [0.5, 0.6) is 0 Å². The first-order valence-electron chi connectivity index (χ1n) is 6.82. The SMILES string of the molecule is CC1CCC(C(NN)C2CCC(C)O2)CC1. The third-order valence-electron chi connectivity index (χ3n) is 4.43. The first-order chi connectivity index (χ1) is 7.70. The van der Waals surface area contributed by atoms with Crippen LogP contribution in [0.15, 0.2) is 0 Å². The summed E-state index contributed by atoms with van der Waals surface area (Å²) in [6.45, 7) is 4.52. The van der Waals surface area contributed by atoms with E-state index >= 15 is 0 Å². The minimum absolute atomic E-state index is 0.346. The Kier molecular flexibility index (Phi) is 4.22. The van der Waals surface area contributed by atoms with Gasteiger partial charge in [-0.25, -0.2) is 0 Å². The standard InChI is InChI=1S/C13H26N2O/c1-9-3-6-11(7-4-9)13(15-14)12-8-5-10(2)16-12/h9-13,15H,3-8,14H2,1-2H3. The fraction of sp³-hybridized carbons (Fsp3) is 1.00. The summed E-state index contributed by atoms with van der Waals surface area (Å²) in [5.74, 6) is 7.35. The Labute approximate surface area is 99.1 Å². The first kappa shape index (κ1) is 12.3. The Hall–Kier alpha value is -0.120. The number of ether oxygens (including phenoxy) is 1. The van der Waals surface area contributed by atoms with Gasteiger partial charge in [0.2, 0.25) is 0 Å². The molecule has 0 aromatic heterocycles. The summed E-state index contributed by atoms with van der Waals surface area (Å²) in [5, 5.41) is 0. The quantitative estimate of drug-likeness (QED) is 0.573. The van der Waals surface area contributed by atoms with Crippen molar-refractivity contribution < 1.29 is 4.74 Å². The van der Waals surface area contributed by atoms with Crippen LogP contribution in [-0.2, 0) is 4.74 Å². The number of nitrogens with one attached hydrogen (secondary N) is 1. The van der Waals surface area contributed by atoms with Crippen LogP contribution in [0.2, 0.25) is 0 Å². The van der Waals surface area contributed by atoms with Crippen molar-refractivity contribution in [2.24, 2.45) is 17.7 Å². The molecule has 0 radical (unpaired) electrons. The molecule has 3 atom stereocenters. The maximum Gasteiger partial charge on any atom is 0.0748 e. The van der Waals surface area contributed by atoms with Gasteiger partial charge in [-0.05, 0) is 44.4 Å². The van der Waals surface area contributed by atoms with Crippen molar-refractivity contribution in [2.75, 3.05) is 0 Å². The van der Waals surface area contributed by atoms with Crippen molar-refractivity contribution in [3.8, 4) is 0 Å². The van der Waals surface area contributed by atoms with Crippen LogP contribution in [0, 0.1) is 11.8 Å². The molecule has 3 unspecified atom stereocenters. The summed E-state index contributed by atoms with van der Waals surface area (Å²) >= 11 is 0. The lowest BCUT2D eigenvalue weighted by Gasteiger charge is -2.35. The largest absolute Gasteiger partial charge is 0.374 e. The fourth-order valence-electron chi connectivity index (χ4n) is 3.29. The molecular formula is C13H26N2O. The number of nitrogens with two attached hydrogens (primary N) is 1. The van der Waals surface area contributed by atoms with Gasteiger partial charge in [-0.15, -0.1) is 0 Å². The minimum Gasteiger partial charge on any atom is -0.374 e. The molecule has 0 amide bonds. The second-order valence-electron chi connectivity index (χ2n) is 5.77. The molecule has 1 aliphatic heterocycles. The molecule has 2 rings (SSSR count). The Bertz CT molecular complexity index is 214. The highest BCUT2D eigenvalue weighted by Gasteiger charge is 2.35. The highest BCUT2D eigenvalue weighted by molar-refractivity contribution is 4.88. The predicted octanol–water partition coefficient (Wildman–Crippen LogP) is 2.21. The molecule has 16 heavy (non-hydrogen) atoms. The van der Waals surface area contributed by atoms with E-state index < -0.39 is 0 Å². The zero-order valence-electron chi connectivity index (χ0n) is 10.6. The molecule has 0 aromatic rings. The Morgan fingerprint density at radius 1 is 1.06 bits per heavy atom. The lowest BCUT2D eigenvalue weighted by Crippen LogP contribution is -2.49. The van der Waals surface area contributed by atoms with Crippen LogP contribution < -0.4 is 11.3 Å². The van der Waals surface area contributed by atoms with Gasteiger partial charge in [-0.3, -0.25) is 11.3 Å². The summed E-state index contributed by atoms with van der Waals surface area (Å²) in [5.41, 5.74) is 3.02. The molecule has 1 saturated heterocycles. The van der Waals surface area contributed by atoms with E-state index in [9.17, 15) is 0 Å². The Morgan fingerprint density at radius 3 is 2.25 bits per heavy atom. The summed E-state index contributed by atoms with van der Waals surface area (Å²) in [7, 11) is 0. The van der Waals surface area contributed by atoms with Gasteiger partial charge in [-0.2, -0.15) is 0 Å². The number of hydrogen-bond donors (Lipinski definition) is 2. The molecule has 0 spiro atoms. The monoisotopic (exact) mass is 226 g/mol. The molecule has 3 N–H and O–H groups in total. The predicted molar refractivity (Wildman–Crippen MR) is 65.8 cm³/mol. The van der Waals surface area contributed by atoms with E-state index in [1.165, 1.54) is 38.5 Å².